The minimum Gasteiger partial charge on any atom is -0.333 e. The normalized spacial score (nSPS) is 11.9. The van der Waals surface area contributed by atoms with Gasteiger partial charge in [-0.05, 0) is 43.0 Å². The first-order chi connectivity index (χ1) is 17.3. The van der Waals surface area contributed by atoms with Crippen LogP contribution in [0.1, 0.15) is 53.4 Å². The van der Waals surface area contributed by atoms with Crippen LogP contribution in [0.15, 0.2) is 60.7 Å². The molecule has 3 aromatic rings. The molecule has 0 aliphatic carbocycles. The molecule has 7 heteroatoms. The summed E-state index contributed by atoms with van der Waals surface area (Å²) in [6, 6.07) is 17.4. The standard InChI is InChI=1S/C29H37FN4O2/c1-5-7-11-22(6-2)29(36)33(19-21(3)4)20-28(35)31-27-18-26(23-12-9-8-10-13-23)32-34(27)25-16-14-24(30)15-17-25/h8-10,12-18,21-22H,5-7,11,19-20H2,1-4H3,(H,31,35)/t22-/m0/s1. The number of halogens is 1. The van der Waals surface area contributed by atoms with Gasteiger partial charge >= 0.3 is 0 Å². The number of hydrogen-bond donors (Lipinski definition) is 1. The van der Waals surface area contributed by atoms with Crippen LogP contribution in [-0.2, 0) is 9.59 Å². The molecule has 0 radical (unpaired) electrons. The Morgan fingerprint density at radius 3 is 2.36 bits per heavy atom. The van der Waals surface area contributed by atoms with Crippen molar-refractivity contribution in [2.75, 3.05) is 18.4 Å². The fraction of sp³-hybridized carbons (Fsp3) is 0.414. The maximum Gasteiger partial charge on any atom is 0.245 e. The van der Waals surface area contributed by atoms with Crippen molar-refractivity contribution in [3.05, 3.63) is 66.5 Å². The van der Waals surface area contributed by atoms with E-state index in [1.165, 1.54) is 12.1 Å². The number of nitrogens with zero attached hydrogens (tertiary/aromatic N) is 3. The van der Waals surface area contributed by atoms with Crippen LogP contribution in [0.25, 0.3) is 16.9 Å². The number of unbranched alkanes of at least 4 members (excludes halogenated alkanes) is 1. The van der Waals surface area contributed by atoms with Crippen LogP contribution in [0.5, 0.6) is 0 Å². The Hall–Kier alpha value is -3.48. The first kappa shape index (κ1) is 27.1. The molecule has 0 fully saturated rings. The van der Waals surface area contributed by atoms with Crippen LogP contribution in [-0.4, -0.2) is 39.6 Å². The van der Waals surface area contributed by atoms with Gasteiger partial charge in [-0.1, -0.05) is 70.9 Å². The number of amides is 2. The highest BCUT2D eigenvalue weighted by Crippen LogP contribution is 2.25. The third kappa shape index (κ3) is 7.26. The molecule has 0 saturated heterocycles. The highest BCUT2D eigenvalue weighted by molar-refractivity contribution is 5.95. The lowest BCUT2D eigenvalue weighted by Gasteiger charge is -2.28. The van der Waals surface area contributed by atoms with Crippen LogP contribution in [0.2, 0.25) is 0 Å². The largest absolute Gasteiger partial charge is 0.333 e. The van der Waals surface area contributed by atoms with Gasteiger partial charge < -0.3 is 10.2 Å². The van der Waals surface area contributed by atoms with Crippen LogP contribution < -0.4 is 5.32 Å². The van der Waals surface area contributed by atoms with Gasteiger partial charge in [-0.15, -0.1) is 0 Å². The average Bonchev–Trinajstić information content (AvgIpc) is 3.28. The number of hydrogen-bond acceptors (Lipinski definition) is 3. The Labute approximate surface area is 213 Å². The number of carbonyl (C=O) groups is 2. The molecule has 3 rings (SSSR count). The molecule has 1 heterocycles. The van der Waals surface area contributed by atoms with E-state index >= 15 is 0 Å². The van der Waals surface area contributed by atoms with Crippen LogP contribution >= 0.6 is 0 Å². The van der Waals surface area contributed by atoms with Gasteiger partial charge in [-0.25, -0.2) is 9.07 Å². The highest BCUT2D eigenvalue weighted by atomic mass is 19.1. The lowest BCUT2D eigenvalue weighted by Crippen LogP contribution is -2.43. The second-order valence-corrected chi connectivity index (χ2v) is 9.58. The van der Waals surface area contributed by atoms with Crippen molar-refractivity contribution in [3.63, 3.8) is 0 Å². The van der Waals surface area contributed by atoms with Gasteiger partial charge in [-0.3, -0.25) is 9.59 Å². The summed E-state index contributed by atoms with van der Waals surface area (Å²) in [5.41, 5.74) is 2.19. The Morgan fingerprint density at radius 2 is 1.75 bits per heavy atom. The Bertz CT molecular complexity index is 1130. The van der Waals surface area contributed by atoms with E-state index in [4.69, 9.17) is 0 Å². The highest BCUT2D eigenvalue weighted by Gasteiger charge is 2.25. The van der Waals surface area contributed by atoms with Crippen molar-refractivity contribution < 1.29 is 14.0 Å². The van der Waals surface area contributed by atoms with Crippen LogP contribution in [0.3, 0.4) is 0 Å². The molecule has 0 bridgehead atoms. The molecule has 1 N–H and O–H groups in total. The second-order valence-electron chi connectivity index (χ2n) is 9.58. The van der Waals surface area contributed by atoms with E-state index in [0.717, 1.165) is 31.2 Å². The van der Waals surface area contributed by atoms with Gasteiger partial charge in [0.25, 0.3) is 0 Å². The molecule has 0 spiro atoms. The summed E-state index contributed by atoms with van der Waals surface area (Å²) < 4.78 is 15.1. The number of rotatable bonds is 12. The summed E-state index contributed by atoms with van der Waals surface area (Å²) in [5.74, 6) is 0.00594. The monoisotopic (exact) mass is 492 g/mol. The van der Waals surface area contributed by atoms with Crippen molar-refractivity contribution in [1.82, 2.24) is 14.7 Å². The van der Waals surface area contributed by atoms with Crippen LogP contribution in [0.4, 0.5) is 10.2 Å². The number of aromatic nitrogens is 2. The quantitative estimate of drug-likeness (QED) is 0.322. The molecule has 6 nitrogen and oxygen atoms in total. The zero-order chi connectivity index (χ0) is 26.1. The molecule has 0 unspecified atom stereocenters. The average molecular weight is 493 g/mol. The van der Waals surface area contributed by atoms with E-state index < -0.39 is 0 Å². The van der Waals surface area contributed by atoms with Crippen molar-refractivity contribution in [2.24, 2.45) is 11.8 Å². The van der Waals surface area contributed by atoms with Gasteiger partial charge in [-0.2, -0.15) is 5.10 Å². The molecular weight excluding hydrogens is 455 g/mol. The Balaban J connectivity index is 1.86. The maximum atomic E-state index is 13.5. The molecule has 1 atom stereocenters. The number of anilines is 1. The molecule has 1 aromatic heterocycles. The van der Waals surface area contributed by atoms with Crippen LogP contribution in [0, 0.1) is 17.7 Å². The SMILES string of the molecule is CCCC[C@H](CC)C(=O)N(CC(=O)Nc1cc(-c2ccccc2)nn1-c1ccc(F)cc1)CC(C)C. The summed E-state index contributed by atoms with van der Waals surface area (Å²) >= 11 is 0. The lowest BCUT2D eigenvalue weighted by atomic mass is 9.97. The lowest BCUT2D eigenvalue weighted by molar-refractivity contribution is -0.139. The third-order valence-corrected chi connectivity index (χ3v) is 6.10. The summed E-state index contributed by atoms with van der Waals surface area (Å²) in [6.07, 6.45) is 3.61. The van der Waals surface area contributed by atoms with Crippen molar-refractivity contribution in [3.8, 4) is 16.9 Å². The fourth-order valence-electron chi connectivity index (χ4n) is 4.24. The molecule has 36 heavy (non-hydrogen) atoms. The summed E-state index contributed by atoms with van der Waals surface area (Å²) in [7, 11) is 0. The summed E-state index contributed by atoms with van der Waals surface area (Å²) in [5, 5.41) is 7.62. The van der Waals surface area contributed by atoms with Crippen molar-refractivity contribution in [1.29, 1.82) is 0 Å². The van der Waals surface area contributed by atoms with E-state index in [0.29, 0.717) is 23.7 Å². The van der Waals surface area contributed by atoms with E-state index in [-0.39, 0.29) is 36.0 Å². The van der Waals surface area contributed by atoms with Gasteiger partial charge in [0, 0.05) is 24.1 Å². The van der Waals surface area contributed by atoms with Crippen molar-refractivity contribution in [2.45, 2.75) is 53.4 Å². The minimum absolute atomic E-state index is 0.0328. The Morgan fingerprint density at radius 1 is 1.06 bits per heavy atom. The maximum absolute atomic E-state index is 13.5. The smallest absolute Gasteiger partial charge is 0.245 e. The zero-order valence-corrected chi connectivity index (χ0v) is 21.7. The van der Waals surface area contributed by atoms with Gasteiger partial charge in [0.2, 0.25) is 11.8 Å². The second kappa shape index (κ2) is 13.0. The number of nitrogens with one attached hydrogen (secondary N) is 1. The molecule has 0 saturated carbocycles. The molecule has 2 aromatic carbocycles. The molecule has 0 aliphatic heterocycles. The minimum atomic E-state index is -0.351. The fourth-order valence-corrected chi connectivity index (χ4v) is 4.24. The van der Waals surface area contributed by atoms with E-state index in [9.17, 15) is 14.0 Å². The third-order valence-electron chi connectivity index (χ3n) is 6.10. The van der Waals surface area contributed by atoms with Gasteiger partial charge in [0.05, 0.1) is 17.9 Å². The van der Waals surface area contributed by atoms with Gasteiger partial charge in [0.15, 0.2) is 0 Å². The topological polar surface area (TPSA) is 67.2 Å². The first-order valence-electron chi connectivity index (χ1n) is 12.8. The van der Waals surface area contributed by atoms with E-state index in [2.05, 4.69) is 17.3 Å². The zero-order valence-electron chi connectivity index (χ0n) is 21.7. The molecule has 0 aliphatic rings. The summed E-state index contributed by atoms with van der Waals surface area (Å²) in [6.45, 7) is 8.71. The molecule has 192 valence electrons. The number of benzene rings is 2. The van der Waals surface area contributed by atoms with E-state index in [1.807, 2.05) is 51.1 Å². The Kier molecular flexibility index (Phi) is 9.79. The summed E-state index contributed by atoms with van der Waals surface area (Å²) in [4.78, 5) is 28.2. The van der Waals surface area contributed by atoms with Crippen molar-refractivity contribution >= 4 is 17.6 Å². The molecular formula is C29H37FN4O2. The van der Waals surface area contributed by atoms with Gasteiger partial charge in [0.1, 0.15) is 11.6 Å². The number of carbonyl (C=O) groups excluding carboxylic acids is 2. The predicted octanol–water partition coefficient (Wildman–Crippen LogP) is 6.32. The first-order valence-corrected chi connectivity index (χ1v) is 12.8. The predicted molar refractivity (Wildman–Crippen MR) is 142 cm³/mol. The van der Waals surface area contributed by atoms with E-state index in [1.54, 1.807) is 27.8 Å². The molecule has 2 amide bonds.